The Hall–Kier alpha value is 0.230. The van der Waals surface area contributed by atoms with Gasteiger partial charge in [0, 0.05) is 12.4 Å². The number of aliphatic hydroxyl groups excluding tert-OH is 1. The molecule has 0 spiro atoms. The molecule has 0 bridgehead atoms. The number of nitrogens with zero attached hydrogens (tertiary/aromatic N) is 1. The van der Waals surface area contributed by atoms with Crippen LogP contribution in [0.5, 0.6) is 0 Å². The van der Waals surface area contributed by atoms with E-state index in [0.29, 0.717) is 0 Å². The Labute approximate surface area is 71.7 Å². The predicted octanol–water partition coefficient (Wildman–Crippen LogP) is 0.346. The minimum absolute atomic E-state index is 0.0251. The average Bonchev–Trinajstić information content (AvgIpc) is 2.33. The molecule has 0 aromatic carbocycles. The van der Waals surface area contributed by atoms with Gasteiger partial charge in [0.2, 0.25) is 0 Å². The lowest BCUT2D eigenvalue weighted by Crippen LogP contribution is -2.27. The molecule has 1 fully saturated rings. The molecule has 11 heavy (non-hydrogen) atoms. The van der Waals surface area contributed by atoms with E-state index in [1.54, 1.807) is 11.8 Å². The zero-order valence-electron chi connectivity index (χ0n) is 6.99. The number of thioether (sulfide) groups is 1. The smallest absolute Gasteiger partial charge is 0.109 e. The Kier molecular flexibility index (Phi) is 3.65. The van der Waals surface area contributed by atoms with Gasteiger partial charge in [0.25, 0.3) is 0 Å². The average molecular weight is 177 g/mol. The van der Waals surface area contributed by atoms with Gasteiger partial charge < -0.3 is 9.84 Å². The van der Waals surface area contributed by atoms with E-state index in [0.717, 1.165) is 12.4 Å². The summed E-state index contributed by atoms with van der Waals surface area (Å²) in [7, 11) is 0. The fourth-order valence-corrected chi connectivity index (χ4v) is 1.89. The van der Waals surface area contributed by atoms with E-state index in [9.17, 15) is 0 Å². The van der Waals surface area contributed by atoms with Crippen LogP contribution in [0.4, 0.5) is 0 Å². The number of ether oxygens (including phenoxy) is 1. The molecule has 0 saturated carbocycles. The van der Waals surface area contributed by atoms with Gasteiger partial charge in [-0.1, -0.05) is 0 Å². The standard InChI is InChI=1S/C7H15NO2S/c1-6-8(5-11-2)3-7(4-9)10-6/h6-7,9H,3-5H2,1-2H3. The maximum Gasteiger partial charge on any atom is 0.109 e. The highest BCUT2D eigenvalue weighted by molar-refractivity contribution is 7.98. The van der Waals surface area contributed by atoms with Gasteiger partial charge in [0.05, 0.1) is 12.7 Å². The van der Waals surface area contributed by atoms with E-state index in [-0.39, 0.29) is 18.9 Å². The SMILES string of the molecule is CSCN1CC(CO)OC1C. The lowest BCUT2D eigenvalue weighted by Gasteiger charge is -2.16. The van der Waals surface area contributed by atoms with Crippen molar-refractivity contribution in [3.05, 3.63) is 0 Å². The molecule has 1 saturated heterocycles. The zero-order valence-corrected chi connectivity index (χ0v) is 7.80. The number of rotatable bonds is 3. The summed E-state index contributed by atoms with van der Waals surface area (Å²) >= 11 is 1.78. The van der Waals surface area contributed by atoms with Crippen LogP contribution >= 0.6 is 11.8 Å². The quantitative estimate of drug-likeness (QED) is 0.674. The highest BCUT2D eigenvalue weighted by atomic mass is 32.2. The third-order valence-electron chi connectivity index (χ3n) is 1.84. The van der Waals surface area contributed by atoms with Gasteiger partial charge >= 0.3 is 0 Å². The molecule has 66 valence electrons. The first kappa shape index (κ1) is 9.32. The van der Waals surface area contributed by atoms with Crippen LogP contribution < -0.4 is 0 Å². The molecule has 0 amide bonds. The fourth-order valence-electron chi connectivity index (χ4n) is 1.24. The topological polar surface area (TPSA) is 32.7 Å². The van der Waals surface area contributed by atoms with E-state index < -0.39 is 0 Å². The van der Waals surface area contributed by atoms with Crippen LogP contribution in [0.25, 0.3) is 0 Å². The third-order valence-corrected chi connectivity index (χ3v) is 2.43. The third kappa shape index (κ3) is 2.33. The summed E-state index contributed by atoms with van der Waals surface area (Å²) < 4.78 is 5.44. The van der Waals surface area contributed by atoms with Crippen LogP contribution in [0.15, 0.2) is 0 Å². The van der Waals surface area contributed by atoms with Gasteiger partial charge in [0.15, 0.2) is 0 Å². The molecule has 1 N–H and O–H groups in total. The molecule has 0 aliphatic carbocycles. The molecular formula is C7H15NO2S. The summed E-state index contributed by atoms with van der Waals surface area (Å²) in [4.78, 5) is 2.21. The molecule has 2 atom stereocenters. The molecule has 2 unspecified atom stereocenters. The molecule has 1 heterocycles. The van der Waals surface area contributed by atoms with Crippen LogP contribution in [-0.4, -0.2) is 47.6 Å². The molecule has 1 aliphatic heterocycles. The molecule has 0 aromatic rings. The minimum Gasteiger partial charge on any atom is -0.394 e. The molecule has 0 radical (unpaired) electrons. The highest BCUT2D eigenvalue weighted by Crippen LogP contribution is 2.16. The van der Waals surface area contributed by atoms with Gasteiger partial charge in [-0.15, -0.1) is 11.8 Å². The van der Waals surface area contributed by atoms with E-state index in [1.165, 1.54) is 0 Å². The van der Waals surface area contributed by atoms with Crippen molar-refractivity contribution >= 4 is 11.8 Å². The highest BCUT2D eigenvalue weighted by Gasteiger charge is 2.28. The van der Waals surface area contributed by atoms with Gasteiger partial charge in [-0.05, 0) is 13.2 Å². The number of aliphatic hydroxyl groups is 1. The van der Waals surface area contributed by atoms with Crippen molar-refractivity contribution < 1.29 is 9.84 Å². The summed E-state index contributed by atoms with van der Waals surface area (Å²) in [6.07, 6.45) is 2.26. The Balaban J connectivity index is 2.32. The second kappa shape index (κ2) is 4.30. The first-order valence-electron chi connectivity index (χ1n) is 3.77. The van der Waals surface area contributed by atoms with Crippen molar-refractivity contribution in [2.45, 2.75) is 19.3 Å². The van der Waals surface area contributed by atoms with Gasteiger partial charge in [0.1, 0.15) is 6.23 Å². The summed E-state index contributed by atoms with van der Waals surface area (Å²) in [5.74, 6) is 0.984. The largest absolute Gasteiger partial charge is 0.394 e. The molecule has 3 nitrogen and oxygen atoms in total. The monoisotopic (exact) mass is 177 g/mol. The Morgan fingerprint density at radius 1 is 1.73 bits per heavy atom. The molecule has 0 aromatic heterocycles. The van der Waals surface area contributed by atoms with Crippen molar-refractivity contribution in [2.24, 2.45) is 0 Å². The van der Waals surface area contributed by atoms with Crippen molar-refractivity contribution in [3.8, 4) is 0 Å². The van der Waals surface area contributed by atoms with E-state index in [4.69, 9.17) is 9.84 Å². The van der Waals surface area contributed by atoms with E-state index in [2.05, 4.69) is 11.2 Å². The van der Waals surface area contributed by atoms with Crippen LogP contribution in [0, 0.1) is 0 Å². The van der Waals surface area contributed by atoms with Crippen LogP contribution in [0.2, 0.25) is 0 Å². The maximum absolute atomic E-state index is 8.81. The van der Waals surface area contributed by atoms with Crippen LogP contribution in [-0.2, 0) is 4.74 Å². The van der Waals surface area contributed by atoms with E-state index >= 15 is 0 Å². The second-order valence-corrected chi connectivity index (χ2v) is 3.56. The van der Waals surface area contributed by atoms with Gasteiger partial charge in [-0.2, -0.15) is 0 Å². The second-order valence-electron chi connectivity index (χ2n) is 2.73. The van der Waals surface area contributed by atoms with Crippen molar-refractivity contribution in [1.29, 1.82) is 0 Å². The summed E-state index contributed by atoms with van der Waals surface area (Å²) in [6.45, 7) is 3.01. The number of hydrogen-bond acceptors (Lipinski definition) is 4. The van der Waals surface area contributed by atoms with E-state index in [1.807, 2.05) is 6.92 Å². The first-order chi connectivity index (χ1) is 5.27. The van der Waals surface area contributed by atoms with Crippen molar-refractivity contribution in [1.82, 2.24) is 4.90 Å². The molecular weight excluding hydrogens is 162 g/mol. The van der Waals surface area contributed by atoms with Crippen LogP contribution in [0.3, 0.4) is 0 Å². The molecule has 1 aliphatic rings. The summed E-state index contributed by atoms with van der Waals surface area (Å²) in [5.41, 5.74) is 0. The summed E-state index contributed by atoms with van der Waals surface area (Å²) in [6, 6.07) is 0. The summed E-state index contributed by atoms with van der Waals surface area (Å²) in [5, 5.41) is 8.81. The normalized spacial score (nSPS) is 33.0. The maximum atomic E-state index is 8.81. The zero-order chi connectivity index (χ0) is 8.27. The first-order valence-corrected chi connectivity index (χ1v) is 5.16. The fraction of sp³-hybridized carbons (Fsp3) is 1.00. The van der Waals surface area contributed by atoms with Crippen LogP contribution in [0.1, 0.15) is 6.92 Å². The van der Waals surface area contributed by atoms with Crippen molar-refractivity contribution in [3.63, 3.8) is 0 Å². The number of hydrogen-bond donors (Lipinski definition) is 1. The minimum atomic E-state index is 0.0251. The lowest BCUT2D eigenvalue weighted by molar-refractivity contribution is -0.00232. The lowest BCUT2D eigenvalue weighted by atomic mass is 10.4. The molecule has 4 heteroatoms. The molecule has 1 rings (SSSR count). The Morgan fingerprint density at radius 3 is 2.91 bits per heavy atom. The van der Waals surface area contributed by atoms with Gasteiger partial charge in [-0.3, -0.25) is 4.90 Å². The Morgan fingerprint density at radius 2 is 2.45 bits per heavy atom. The van der Waals surface area contributed by atoms with Gasteiger partial charge in [-0.25, -0.2) is 0 Å². The Bertz CT molecular complexity index is 123. The predicted molar refractivity (Wildman–Crippen MR) is 46.5 cm³/mol. The van der Waals surface area contributed by atoms with Crippen molar-refractivity contribution in [2.75, 3.05) is 25.3 Å².